The summed E-state index contributed by atoms with van der Waals surface area (Å²) in [6.45, 7) is 3.85. The molecular formula is C22H19N3O3. The molecule has 1 aromatic heterocycles. The average molecular weight is 373 g/mol. The zero-order valence-electron chi connectivity index (χ0n) is 15.5. The molecule has 0 saturated carbocycles. The van der Waals surface area contributed by atoms with Crippen LogP contribution in [0, 0.1) is 13.8 Å². The Kier molecular flexibility index (Phi) is 4.24. The predicted octanol–water partition coefficient (Wildman–Crippen LogP) is 3.26. The van der Waals surface area contributed by atoms with E-state index in [9.17, 15) is 14.7 Å². The standard InChI is InChI=1S/C22H19N3O3/c1-14-11-16(15(2)24(14)18-9-6-10-19(26)13-18)12-20-21(27)23-25(22(20)28)17-7-4-3-5-8-17/h3-13,26H,1-2H3,(H,23,27)/b20-12+. The lowest BCUT2D eigenvalue weighted by atomic mass is 10.1. The lowest BCUT2D eigenvalue weighted by Crippen LogP contribution is -2.35. The minimum absolute atomic E-state index is 0.0833. The molecule has 0 unspecified atom stereocenters. The number of carbonyl (C=O) groups is 2. The fourth-order valence-corrected chi connectivity index (χ4v) is 3.43. The number of hydrogen-bond acceptors (Lipinski definition) is 3. The molecule has 3 aromatic rings. The lowest BCUT2D eigenvalue weighted by Gasteiger charge is -2.13. The van der Waals surface area contributed by atoms with E-state index in [-0.39, 0.29) is 11.3 Å². The molecule has 1 fully saturated rings. The van der Waals surface area contributed by atoms with Crippen LogP contribution in [-0.2, 0) is 9.59 Å². The molecule has 0 aliphatic carbocycles. The highest BCUT2D eigenvalue weighted by atomic mass is 16.3. The molecule has 1 aliphatic rings. The fourth-order valence-electron chi connectivity index (χ4n) is 3.43. The molecule has 2 amide bonds. The minimum Gasteiger partial charge on any atom is -0.508 e. The maximum atomic E-state index is 12.8. The van der Waals surface area contributed by atoms with Crippen LogP contribution in [0.25, 0.3) is 11.8 Å². The maximum Gasteiger partial charge on any atom is 0.282 e. The van der Waals surface area contributed by atoms with Crippen molar-refractivity contribution in [3.63, 3.8) is 0 Å². The molecule has 6 nitrogen and oxygen atoms in total. The van der Waals surface area contributed by atoms with Gasteiger partial charge in [0.25, 0.3) is 11.8 Å². The average Bonchev–Trinajstić information content (AvgIpc) is 3.12. The number of hydrazine groups is 1. The van der Waals surface area contributed by atoms with Gasteiger partial charge in [0.15, 0.2) is 0 Å². The van der Waals surface area contributed by atoms with Crippen LogP contribution in [0.1, 0.15) is 17.0 Å². The number of aromatic hydroxyl groups is 1. The van der Waals surface area contributed by atoms with Gasteiger partial charge in [0, 0.05) is 23.1 Å². The highest BCUT2D eigenvalue weighted by Gasteiger charge is 2.34. The van der Waals surface area contributed by atoms with Crippen molar-refractivity contribution < 1.29 is 14.7 Å². The summed E-state index contributed by atoms with van der Waals surface area (Å²) in [5.74, 6) is -0.650. The number of phenols is 1. The van der Waals surface area contributed by atoms with Gasteiger partial charge in [0.2, 0.25) is 0 Å². The maximum absolute atomic E-state index is 12.8. The topological polar surface area (TPSA) is 74.6 Å². The number of phenolic OH excluding ortho intramolecular Hbond substituents is 1. The summed E-state index contributed by atoms with van der Waals surface area (Å²) in [6, 6.07) is 17.8. The second-order valence-electron chi connectivity index (χ2n) is 6.66. The first-order valence-corrected chi connectivity index (χ1v) is 8.86. The Hall–Kier alpha value is -3.80. The van der Waals surface area contributed by atoms with Gasteiger partial charge in [0.05, 0.1) is 5.69 Å². The summed E-state index contributed by atoms with van der Waals surface area (Å²) in [6.07, 6.45) is 1.61. The van der Waals surface area contributed by atoms with Gasteiger partial charge in [-0.1, -0.05) is 24.3 Å². The largest absolute Gasteiger partial charge is 0.508 e. The van der Waals surface area contributed by atoms with Crippen molar-refractivity contribution in [1.29, 1.82) is 0 Å². The Morgan fingerprint density at radius 3 is 2.36 bits per heavy atom. The molecule has 0 atom stereocenters. The Labute approximate surface area is 162 Å². The first-order chi connectivity index (χ1) is 13.5. The molecule has 6 heteroatoms. The van der Waals surface area contributed by atoms with Gasteiger partial charge in [0.1, 0.15) is 11.3 Å². The lowest BCUT2D eigenvalue weighted by molar-refractivity contribution is -0.117. The molecule has 1 aliphatic heterocycles. The quantitative estimate of drug-likeness (QED) is 0.547. The Morgan fingerprint density at radius 1 is 0.929 bits per heavy atom. The Bertz CT molecular complexity index is 1110. The van der Waals surface area contributed by atoms with E-state index in [2.05, 4.69) is 5.43 Å². The number of carbonyl (C=O) groups excluding carboxylic acids is 2. The number of aryl methyl sites for hydroxylation is 1. The summed E-state index contributed by atoms with van der Waals surface area (Å²) in [4.78, 5) is 25.2. The minimum atomic E-state index is -0.434. The second kappa shape index (κ2) is 6.74. The van der Waals surface area contributed by atoms with Gasteiger partial charge in [-0.3, -0.25) is 15.0 Å². The van der Waals surface area contributed by atoms with Gasteiger partial charge in [-0.2, -0.15) is 0 Å². The molecule has 4 rings (SSSR count). The van der Waals surface area contributed by atoms with Crippen LogP contribution in [0.15, 0.2) is 66.2 Å². The first kappa shape index (κ1) is 17.6. The number of amides is 2. The number of anilines is 1. The number of hydrogen-bond donors (Lipinski definition) is 2. The van der Waals surface area contributed by atoms with Crippen LogP contribution in [0.2, 0.25) is 0 Å². The van der Waals surface area contributed by atoms with Crippen molar-refractivity contribution in [1.82, 2.24) is 9.99 Å². The number of benzene rings is 2. The third kappa shape index (κ3) is 2.95. The zero-order chi connectivity index (χ0) is 19.8. The normalized spacial score (nSPS) is 15.4. The van der Waals surface area contributed by atoms with Crippen molar-refractivity contribution in [2.45, 2.75) is 13.8 Å². The summed E-state index contributed by atoms with van der Waals surface area (Å²) < 4.78 is 1.97. The number of nitrogens with zero attached hydrogens (tertiary/aromatic N) is 2. The fraction of sp³-hybridized carbons (Fsp3) is 0.0909. The molecule has 2 aromatic carbocycles. The first-order valence-electron chi connectivity index (χ1n) is 8.86. The van der Waals surface area contributed by atoms with E-state index in [0.717, 1.165) is 22.6 Å². The number of nitrogens with one attached hydrogen (secondary N) is 1. The zero-order valence-corrected chi connectivity index (χ0v) is 15.5. The van der Waals surface area contributed by atoms with Crippen LogP contribution in [0.3, 0.4) is 0 Å². The van der Waals surface area contributed by atoms with E-state index in [1.165, 1.54) is 5.01 Å². The SMILES string of the molecule is Cc1cc(/C=C2\C(=O)NN(c3ccccc3)C2=O)c(C)n1-c1cccc(O)c1. The third-order valence-electron chi connectivity index (χ3n) is 4.76. The molecular weight excluding hydrogens is 354 g/mol. The van der Waals surface area contributed by atoms with Gasteiger partial charge in [-0.15, -0.1) is 0 Å². The molecule has 2 heterocycles. The van der Waals surface area contributed by atoms with E-state index in [1.54, 1.807) is 48.5 Å². The van der Waals surface area contributed by atoms with Gasteiger partial charge in [-0.25, -0.2) is 5.01 Å². The van der Waals surface area contributed by atoms with Crippen LogP contribution in [0.4, 0.5) is 5.69 Å². The van der Waals surface area contributed by atoms with Crippen molar-refractivity contribution in [2.24, 2.45) is 0 Å². The van der Waals surface area contributed by atoms with Gasteiger partial charge in [-0.05, 0) is 55.8 Å². The van der Waals surface area contributed by atoms with Crippen LogP contribution < -0.4 is 10.4 Å². The molecule has 2 N–H and O–H groups in total. The third-order valence-corrected chi connectivity index (χ3v) is 4.76. The summed E-state index contributed by atoms with van der Waals surface area (Å²) in [7, 11) is 0. The smallest absolute Gasteiger partial charge is 0.282 e. The van der Waals surface area contributed by atoms with Gasteiger partial charge < -0.3 is 9.67 Å². The van der Waals surface area contributed by atoms with Crippen LogP contribution in [-0.4, -0.2) is 21.5 Å². The molecule has 28 heavy (non-hydrogen) atoms. The number of aromatic nitrogens is 1. The monoisotopic (exact) mass is 373 g/mol. The van der Waals surface area contributed by atoms with Crippen molar-refractivity contribution >= 4 is 23.6 Å². The van der Waals surface area contributed by atoms with Crippen molar-refractivity contribution in [3.8, 4) is 11.4 Å². The van der Waals surface area contributed by atoms with E-state index in [0.29, 0.717) is 5.69 Å². The molecule has 1 saturated heterocycles. The Morgan fingerprint density at radius 2 is 1.64 bits per heavy atom. The van der Waals surface area contributed by atoms with E-state index in [1.807, 2.05) is 36.6 Å². The van der Waals surface area contributed by atoms with E-state index < -0.39 is 11.8 Å². The number of para-hydroxylation sites is 1. The highest BCUT2D eigenvalue weighted by molar-refractivity contribution is 6.31. The van der Waals surface area contributed by atoms with Gasteiger partial charge >= 0.3 is 0 Å². The molecule has 0 bridgehead atoms. The molecule has 140 valence electrons. The summed E-state index contributed by atoms with van der Waals surface area (Å²) in [5, 5.41) is 11.0. The van der Waals surface area contributed by atoms with E-state index >= 15 is 0 Å². The summed E-state index contributed by atoms with van der Waals surface area (Å²) in [5.41, 5.74) is 6.68. The van der Waals surface area contributed by atoms with Crippen molar-refractivity contribution in [2.75, 3.05) is 5.01 Å². The van der Waals surface area contributed by atoms with Crippen LogP contribution in [0.5, 0.6) is 5.75 Å². The second-order valence-corrected chi connectivity index (χ2v) is 6.66. The Balaban J connectivity index is 1.73. The highest BCUT2D eigenvalue weighted by Crippen LogP contribution is 2.27. The number of rotatable bonds is 3. The van der Waals surface area contributed by atoms with Crippen molar-refractivity contribution in [3.05, 3.63) is 83.2 Å². The summed E-state index contributed by atoms with van der Waals surface area (Å²) >= 11 is 0. The van der Waals surface area contributed by atoms with Crippen LogP contribution >= 0.6 is 0 Å². The predicted molar refractivity (Wildman–Crippen MR) is 107 cm³/mol. The molecule has 0 spiro atoms. The van der Waals surface area contributed by atoms with E-state index in [4.69, 9.17) is 0 Å². The molecule has 0 radical (unpaired) electrons.